The second-order valence-electron chi connectivity index (χ2n) is 5.94. The molecule has 0 spiro atoms. The standard InChI is InChI=1S/C20H19N3OS2/c1-2-24-15-10-8-14(9-11-15)23-19(17-7-5-13-26-17)18(22-20(23)25)16-6-3-4-12-21-16/h3-13,18-19H,2H2,1H3,(H,22,25)/t18-,19+/m0/s1. The number of ether oxygens (including phenoxy) is 1. The number of benzene rings is 1. The van der Waals surface area contributed by atoms with Crippen LogP contribution in [0.1, 0.15) is 29.6 Å². The average molecular weight is 382 g/mol. The molecule has 1 saturated heterocycles. The maximum absolute atomic E-state index is 5.70. The van der Waals surface area contributed by atoms with E-state index in [1.807, 2.05) is 43.5 Å². The number of nitrogens with zero attached hydrogens (tertiary/aromatic N) is 2. The van der Waals surface area contributed by atoms with Crippen LogP contribution in [0.5, 0.6) is 5.75 Å². The van der Waals surface area contributed by atoms with Gasteiger partial charge >= 0.3 is 0 Å². The number of anilines is 1. The van der Waals surface area contributed by atoms with Crippen molar-refractivity contribution in [3.63, 3.8) is 0 Å². The minimum Gasteiger partial charge on any atom is -0.494 e. The molecule has 2 aromatic heterocycles. The molecule has 4 nitrogen and oxygen atoms in total. The van der Waals surface area contributed by atoms with Gasteiger partial charge in [-0.25, -0.2) is 0 Å². The maximum atomic E-state index is 5.70. The van der Waals surface area contributed by atoms with Gasteiger partial charge in [-0.15, -0.1) is 11.3 Å². The topological polar surface area (TPSA) is 37.4 Å². The Kier molecular flexibility index (Phi) is 4.86. The van der Waals surface area contributed by atoms with Gasteiger partial charge in [0.1, 0.15) is 5.75 Å². The quantitative estimate of drug-likeness (QED) is 0.647. The largest absolute Gasteiger partial charge is 0.494 e. The molecule has 2 atom stereocenters. The molecule has 0 unspecified atom stereocenters. The third-order valence-corrected chi connectivity index (χ3v) is 5.62. The molecule has 0 saturated carbocycles. The highest BCUT2D eigenvalue weighted by Crippen LogP contribution is 2.43. The van der Waals surface area contributed by atoms with E-state index in [4.69, 9.17) is 17.0 Å². The van der Waals surface area contributed by atoms with E-state index in [0.717, 1.165) is 17.1 Å². The van der Waals surface area contributed by atoms with E-state index in [1.54, 1.807) is 11.3 Å². The first kappa shape index (κ1) is 17.0. The van der Waals surface area contributed by atoms with E-state index in [1.165, 1.54) is 4.88 Å². The minimum atomic E-state index is 0.00826. The highest BCUT2D eigenvalue weighted by Gasteiger charge is 2.41. The number of nitrogens with one attached hydrogen (secondary N) is 1. The molecular formula is C20H19N3OS2. The molecule has 1 N–H and O–H groups in total. The van der Waals surface area contributed by atoms with Crippen molar-refractivity contribution in [1.82, 2.24) is 10.3 Å². The van der Waals surface area contributed by atoms with Gasteiger partial charge in [0.15, 0.2) is 5.11 Å². The summed E-state index contributed by atoms with van der Waals surface area (Å²) in [6, 6.07) is 18.4. The Morgan fingerprint density at radius 1 is 1.15 bits per heavy atom. The molecule has 3 aromatic rings. The van der Waals surface area contributed by atoms with Crippen molar-refractivity contribution in [2.75, 3.05) is 11.5 Å². The molecule has 1 fully saturated rings. The van der Waals surface area contributed by atoms with Gasteiger partial charge in [0.2, 0.25) is 0 Å². The molecule has 1 aliphatic heterocycles. The lowest BCUT2D eigenvalue weighted by molar-refractivity contribution is 0.340. The van der Waals surface area contributed by atoms with Crippen LogP contribution in [0.2, 0.25) is 0 Å². The third kappa shape index (κ3) is 3.18. The van der Waals surface area contributed by atoms with Crippen LogP contribution < -0.4 is 15.0 Å². The number of pyridine rings is 1. The molecule has 6 heteroatoms. The predicted octanol–water partition coefficient (Wildman–Crippen LogP) is 4.72. The van der Waals surface area contributed by atoms with Crippen molar-refractivity contribution in [1.29, 1.82) is 0 Å². The lowest BCUT2D eigenvalue weighted by Crippen LogP contribution is -2.29. The van der Waals surface area contributed by atoms with Gasteiger partial charge in [-0.2, -0.15) is 0 Å². The normalized spacial score (nSPS) is 19.4. The molecule has 0 radical (unpaired) electrons. The van der Waals surface area contributed by atoms with Crippen LogP contribution >= 0.6 is 23.6 Å². The summed E-state index contributed by atoms with van der Waals surface area (Å²) < 4.78 is 5.56. The zero-order valence-electron chi connectivity index (χ0n) is 14.3. The van der Waals surface area contributed by atoms with Crippen molar-refractivity contribution >= 4 is 34.4 Å². The van der Waals surface area contributed by atoms with Crippen LogP contribution in [0.15, 0.2) is 66.2 Å². The zero-order chi connectivity index (χ0) is 17.9. The van der Waals surface area contributed by atoms with Crippen LogP contribution in [-0.2, 0) is 0 Å². The number of thiocarbonyl (C=S) groups is 1. The van der Waals surface area contributed by atoms with Gasteiger partial charge in [-0.05, 0) is 67.0 Å². The number of aromatic nitrogens is 1. The van der Waals surface area contributed by atoms with E-state index < -0.39 is 0 Å². The predicted molar refractivity (Wildman–Crippen MR) is 110 cm³/mol. The van der Waals surface area contributed by atoms with Crippen molar-refractivity contribution in [3.8, 4) is 5.75 Å². The summed E-state index contributed by atoms with van der Waals surface area (Å²) in [6.07, 6.45) is 1.82. The molecule has 4 rings (SSSR count). The zero-order valence-corrected chi connectivity index (χ0v) is 16.0. The molecule has 26 heavy (non-hydrogen) atoms. The average Bonchev–Trinajstić information content (AvgIpc) is 3.31. The number of thiophene rings is 1. The van der Waals surface area contributed by atoms with Gasteiger partial charge in [0, 0.05) is 16.8 Å². The highest BCUT2D eigenvalue weighted by molar-refractivity contribution is 7.80. The fourth-order valence-corrected chi connectivity index (χ4v) is 4.45. The fraction of sp³-hybridized carbons (Fsp3) is 0.200. The summed E-state index contributed by atoms with van der Waals surface area (Å²) in [4.78, 5) is 7.99. The number of hydrogen-bond acceptors (Lipinski definition) is 4. The Labute approximate surface area is 162 Å². The molecular weight excluding hydrogens is 362 g/mol. The van der Waals surface area contributed by atoms with E-state index >= 15 is 0 Å². The van der Waals surface area contributed by atoms with Gasteiger partial charge in [0.05, 0.1) is 24.4 Å². The lowest BCUT2D eigenvalue weighted by atomic mass is 10.0. The molecule has 132 valence electrons. The Hall–Kier alpha value is -2.44. The smallest absolute Gasteiger partial charge is 0.174 e. The molecule has 3 heterocycles. The van der Waals surface area contributed by atoms with Crippen molar-refractivity contribution in [2.24, 2.45) is 0 Å². The third-order valence-electron chi connectivity index (χ3n) is 4.36. The van der Waals surface area contributed by atoms with Gasteiger partial charge in [-0.3, -0.25) is 4.98 Å². The van der Waals surface area contributed by atoms with E-state index in [2.05, 4.69) is 44.8 Å². The molecule has 0 aliphatic carbocycles. The monoisotopic (exact) mass is 381 g/mol. The maximum Gasteiger partial charge on any atom is 0.174 e. The Morgan fingerprint density at radius 2 is 2.00 bits per heavy atom. The summed E-state index contributed by atoms with van der Waals surface area (Å²) in [5.74, 6) is 0.864. The van der Waals surface area contributed by atoms with Crippen molar-refractivity contribution in [3.05, 3.63) is 76.7 Å². The molecule has 0 amide bonds. The van der Waals surface area contributed by atoms with Crippen LogP contribution in [-0.4, -0.2) is 16.7 Å². The van der Waals surface area contributed by atoms with Crippen LogP contribution in [0.3, 0.4) is 0 Å². The van der Waals surface area contributed by atoms with Crippen molar-refractivity contribution in [2.45, 2.75) is 19.0 Å². The number of rotatable bonds is 5. The Bertz CT molecular complexity index is 866. The van der Waals surface area contributed by atoms with E-state index in [0.29, 0.717) is 11.7 Å². The fourth-order valence-electron chi connectivity index (χ4n) is 3.25. The first-order chi connectivity index (χ1) is 12.8. The van der Waals surface area contributed by atoms with Gasteiger partial charge in [-0.1, -0.05) is 12.1 Å². The number of hydrogen-bond donors (Lipinski definition) is 1. The molecule has 1 aliphatic rings. The SMILES string of the molecule is CCOc1ccc(N2C(=S)N[C@@H](c3ccccn3)[C@H]2c2cccs2)cc1. The van der Waals surface area contributed by atoms with Crippen LogP contribution in [0.25, 0.3) is 0 Å². The van der Waals surface area contributed by atoms with E-state index in [9.17, 15) is 0 Å². The second-order valence-corrected chi connectivity index (χ2v) is 7.30. The van der Waals surface area contributed by atoms with Crippen LogP contribution in [0.4, 0.5) is 5.69 Å². The second kappa shape index (κ2) is 7.43. The Balaban J connectivity index is 1.73. The molecule has 0 bridgehead atoms. The summed E-state index contributed by atoms with van der Waals surface area (Å²) in [5.41, 5.74) is 2.03. The minimum absolute atomic E-state index is 0.00826. The summed E-state index contributed by atoms with van der Waals surface area (Å²) >= 11 is 7.43. The molecule has 1 aromatic carbocycles. The van der Waals surface area contributed by atoms with Gasteiger partial charge in [0.25, 0.3) is 0 Å². The van der Waals surface area contributed by atoms with E-state index in [-0.39, 0.29) is 12.1 Å². The summed E-state index contributed by atoms with van der Waals surface area (Å²) in [6.45, 7) is 2.64. The summed E-state index contributed by atoms with van der Waals surface area (Å²) in [5, 5.41) is 6.28. The Morgan fingerprint density at radius 3 is 2.65 bits per heavy atom. The van der Waals surface area contributed by atoms with Gasteiger partial charge < -0.3 is 15.0 Å². The van der Waals surface area contributed by atoms with Crippen molar-refractivity contribution < 1.29 is 4.74 Å². The first-order valence-electron chi connectivity index (χ1n) is 8.55. The first-order valence-corrected chi connectivity index (χ1v) is 9.83. The van der Waals surface area contributed by atoms with Crippen LogP contribution in [0, 0.1) is 0 Å². The lowest BCUT2D eigenvalue weighted by Gasteiger charge is -2.27. The highest BCUT2D eigenvalue weighted by atomic mass is 32.1. The summed E-state index contributed by atoms with van der Waals surface area (Å²) in [7, 11) is 0.